The summed E-state index contributed by atoms with van der Waals surface area (Å²) in [6.07, 6.45) is 3.66. The SMILES string of the molecule is CCCC1CN(CCc2cccc(OC)c2)CCN1. The first-order chi connectivity index (χ1) is 9.31. The number of rotatable bonds is 6. The van der Waals surface area contributed by atoms with E-state index in [-0.39, 0.29) is 0 Å². The van der Waals surface area contributed by atoms with Gasteiger partial charge in [0.1, 0.15) is 5.75 Å². The molecule has 1 saturated heterocycles. The van der Waals surface area contributed by atoms with Crippen LogP contribution in [0.3, 0.4) is 0 Å². The Balaban J connectivity index is 1.80. The molecule has 3 nitrogen and oxygen atoms in total. The van der Waals surface area contributed by atoms with E-state index in [0.29, 0.717) is 6.04 Å². The van der Waals surface area contributed by atoms with Gasteiger partial charge < -0.3 is 15.0 Å². The van der Waals surface area contributed by atoms with E-state index in [1.807, 2.05) is 6.07 Å². The van der Waals surface area contributed by atoms with Crippen LogP contribution in [0.5, 0.6) is 5.75 Å². The van der Waals surface area contributed by atoms with Crippen LogP contribution in [-0.2, 0) is 6.42 Å². The Morgan fingerprint density at radius 3 is 3.11 bits per heavy atom. The van der Waals surface area contributed by atoms with Crippen molar-refractivity contribution in [3.63, 3.8) is 0 Å². The van der Waals surface area contributed by atoms with Crippen LogP contribution in [0.15, 0.2) is 24.3 Å². The summed E-state index contributed by atoms with van der Waals surface area (Å²) in [5.74, 6) is 0.960. The molecule has 0 aliphatic carbocycles. The molecular formula is C16H26N2O. The van der Waals surface area contributed by atoms with Crippen molar-refractivity contribution in [2.45, 2.75) is 32.2 Å². The smallest absolute Gasteiger partial charge is 0.119 e. The van der Waals surface area contributed by atoms with E-state index in [1.54, 1.807) is 7.11 Å². The number of benzene rings is 1. The number of ether oxygens (including phenoxy) is 1. The summed E-state index contributed by atoms with van der Waals surface area (Å²) in [7, 11) is 1.73. The summed E-state index contributed by atoms with van der Waals surface area (Å²) in [5, 5.41) is 3.60. The van der Waals surface area contributed by atoms with Crippen molar-refractivity contribution >= 4 is 0 Å². The number of methoxy groups -OCH3 is 1. The first-order valence-corrected chi connectivity index (χ1v) is 7.40. The van der Waals surface area contributed by atoms with Gasteiger partial charge in [0.05, 0.1) is 7.11 Å². The average molecular weight is 262 g/mol. The summed E-state index contributed by atoms with van der Waals surface area (Å²) in [6.45, 7) is 6.90. The van der Waals surface area contributed by atoms with Crippen molar-refractivity contribution in [1.82, 2.24) is 10.2 Å². The van der Waals surface area contributed by atoms with Gasteiger partial charge in [-0.25, -0.2) is 0 Å². The van der Waals surface area contributed by atoms with Crippen LogP contribution in [0.1, 0.15) is 25.3 Å². The zero-order valence-corrected chi connectivity index (χ0v) is 12.2. The Hall–Kier alpha value is -1.06. The zero-order valence-electron chi connectivity index (χ0n) is 12.2. The summed E-state index contributed by atoms with van der Waals surface area (Å²) in [6, 6.07) is 9.10. The van der Waals surface area contributed by atoms with E-state index in [0.717, 1.165) is 25.3 Å². The monoisotopic (exact) mass is 262 g/mol. The van der Waals surface area contributed by atoms with Crippen LogP contribution in [0, 0.1) is 0 Å². The van der Waals surface area contributed by atoms with Gasteiger partial charge in [0.25, 0.3) is 0 Å². The predicted octanol–water partition coefficient (Wildman–Crippen LogP) is 2.31. The number of hydrogen-bond donors (Lipinski definition) is 1. The number of hydrogen-bond acceptors (Lipinski definition) is 3. The summed E-state index contributed by atoms with van der Waals surface area (Å²) in [5.41, 5.74) is 1.37. The van der Waals surface area contributed by atoms with Gasteiger partial charge in [0.2, 0.25) is 0 Å². The van der Waals surface area contributed by atoms with E-state index >= 15 is 0 Å². The van der Waals surface area contributed by atoms with E-state index in [4.69, 9.17) is 4.74 Å². The number of piperazine rings is 1. The third kappa shape index (κ3) is 4.51. The topological polar surface area (TPSA) is 24.5 Å². The van der Waals surface area contributed by atoms with Crippen molar-refractivity contribution in [1.29, 1.82) is 0 Å². The van der Waals surface area contributed by atoms with Gasteiger partial charge in [-0.05, 0) is 30.5 Å². The minimum Gasteiger partial charge on any atom is -0.497 e. The van der Waals surface area contributed by atoms with Crippen molar-refractivity contribution in [3.05, 3.63) is 29.8 Å². The second-order valence-electron chi connectivity index (χ2n) is 5.34. The maximum Gasteiger partial charge on any atom is 0.119 e. The molecule has 2 rings (SSSR count). The predicted molar refractivity (Wildman–Crippen MR) is 79.8 cm³/mol. The molecule has 0 spiro atoms. The fourth-order valence-corrected chi connectivity index (χ4v) is 2.75. The lowest BCUT2D eigenvalue weighted by Crippen LogP contribution is -2.50. The molecule has 1 N–H and O–H groups in total. The van der Waals surface area contributed by atoms with Gasteiger partial charge in [-0.2, -0.15) is 0 Å². The summed E-state index contributed by atoms with van der Waals surface area (Å²) >= 11 is 0. The normalized spacial score (nSPS) is 20.4. The van der Waals surface area contributed by atoms with Crippen molar-refractivity contribution in [2.75, 3.05) is 33.3 Å². The lowest BCUT2D eigenvalue weighted by atomic mass is 10.1. The molecule has 1 unspecified atom stereocenters. The maximum absolute atomic E-state index is 5.27. The largest absolute Gasteiger partial charge is 0.497 e. The van der Waals surface area contributed by atoms with E-state index in [9.17, 15) is 0 Å². The van der Waals surface area contributed by atoms with Crippen LogP contribution in [0.2, 0.25) is 0 Å². The number of nitrogens with zero attached hydrogens (tertiary/aromatic N) is 1. The lowest BCUT2D eigenvalue weighted by molar-refractivity contribution is 0.196. The highest BCUT2D eigenvalue weighted by atomic mass is 16.5. The van der Waals surface area contributed by atoms with Crippen molar-refractivity contribution < 1.29 is 4.74 Å². The Kier molecular flexibility index (Phi) is 5.67. The van der Waals surface area contributed by atoms with Gasteiger partial charge in [0.15, 0.2) is 0 Å². The highest BCUT2D eigenvalue weighted by Gasteiger charge is 2.17. The van der Waals surface area contributed by atoms with Crippen molar-refractivity contribution in [3.8, 4) is 5.75 Å². The first kappa shape index (κ1) is 14.4. The molecule has 1 aromatic rings. The molecule has 1 heterocycles. The Bertz CT molecular complexity index is 379. The molecule has 0 aromatic heterocycles. The molecule has 3 heteroatoms. The molecule has 1 aliphatic rings. The fraction of sp³-hybridized carbons (Fsp3) is 0.625. The lowest BCUT2D eigenvalue weighted by Gasteiger charge is -2.33. The number of nitrogens with one attached hydrogen (secondary N) is 1. The van der Waals surface area contributed by atoms with Crippen LogP contribution >= 0.6 is 0 Å². The Labute approximate surface area is 116 Å². The van der Waals surface area contributed by atoms with E-state index < -0.39 is 0 Å². The van der Waals surface area contributed by atoms with Gasteiger partial charge in [-0.15, -0.1) is 0 Å². The molecule has 106 valence electrons. The molecule has 0 bridgehead atoms. The molecule has 0 amide bonds. The van der Waals surface area contributed by atoms with Crippen LogP contribution < -0.4 is 10.1 Å². The summed E-state index contributed by atoms with van der Waals surface area (Å²) in [4.78, 5) is 2.58. The quantitative estimate of drug-likeness (QED) is 0.851. The molecule has 1 aromatic carbocycles. The molecule has 0 saturated carbocycles. The molecule has 1 atom stereocenters. The molecular weight excluding hydrogens is 236 g/mol. The third-order valence-electron chi connectivity index (χ3n) is 3.83. The molecule has 1 fully saturated rings. The minimum absolute atomic E-state index is 0.684. The Morgan fingerprint density at radius 1 is 1.42 bits per heavy atom. The highest BCUT2D eigenvalue weighted by molar-refractivity contribution is 5.28. The molecule has 19 heavy (non-hydrogen) atoms. The standard InChI is InChI=1S/C16H26N2O/c1-3-5-15-13-18(11-9-17-15)10-8-14-6-4-7-16(12-14)19-2/h4,6-7,12,15,17H,3,5,8-11,13H2,1-2H3. The first-order valence-electron chi connectivity index (χ1n) is 7.40. The zero-order chi connectivity index (χ0) is 13.5. The van der Waals surface area contributed by atoms with Gasteiger partial charge in [-0.1, -0.05) is 25.5 Å². The average Bonchev–Trinajstić information content (AvgIpc) is 2.46. The molecule has 1 aliphatic heterocycles. The van der Waals surface area contributed by atoms with Gasteiger partial charge >= 0.3 is 0 Å². The maximum atomic E-state index is 5.27. The summed E-state index contributed by atoms with van der Waals surface area (Å²) < 4.78 is 5.27. The third-order valence-corrected chi connectivity index (χ3v) is 3.83. The van der Waals surface area contributed by atoms with Crippen LogP contribution in [-0.4, -0.2) is 44.2 Å². The fourth-order valence-electron chi connectivity index (χ4n) is 2.75. The van der Waals surface area contributed by atoms with E-state index in [2.05, 4.69) is 35.3 Å². The van der Waals surface area contributed by atoms with E-state index in [1.165, 1.54) is 31.5 Å². The van der Waals surface area contributed by atoms with Gasteiger partial charge in [0, 0.05) is 32.2 Å². The Morgan fingerprint density at radius 2 is 2.32 bits per heavy atom. The van der Waals surface area contributed by atoms with Crippen LogP contribution in [0.4, 0.5) is 0 Å². The highest BCUT2D eigenvalue weighted by Crippen LogP contribution is 2.14. The molecule has 0 radical (unpaired) electrons. The van der Waals surface area contributed by atoms with Crippen molar-refractivity contribution in [2.24, 2.45) is 0 Å². The van der Waals surface area contributed by atoms with Gasteiger partial charge in [-0.3, -0.25) is 0 Å². The van der Waals surface area contributed by atoms with Crippen LogP contribution in [0.25, 0.3) is 0 Å². The second kappa shape index (κ2) is 7.51. The second-order valence-corrected chi connectivity index (χ2v) is 5.34. The minimum atomic E-state index is 0.684.